The molecule has 0 aliphatic heterocycles. The maximum Gasteiger partial charge on any atom is 0.0849 e. The van der Waals surface area contributed by atoms with Gasteiger partial charge in [-0.05, 0) is 136 Å². The zero-order valence-corrected chi connectivity index (χ0v) is 21.7. The van der Waals surface area contributed by atoms with Gasteiger partial charge >= 0.3 is 0 Å². The van der Waals surface area contributed by atoms with Crippen LogP contribution in [0.3, 0.4) is 0 Å². The Labute approximate surface area is 196 Å². The van der Waals surface area contributed by atoms with Gasteiger partial charge in [0.05, 0.1) is 17.8 Å². The highest BCUT2D eigenvalue weighted by molar-refractivity contribution is 5.29. The van der Waals surface area contributed by atoms with E-state index in [1.807, 2.05) is 0 Å². The highest BCUT2D eigenvalue weighted by Crippen LogP contribution is 2.88. The fraction of sp³-hybridized carbons (Fsp3) is 1.00. The lowest BCUT2D eigenvalue weighted by atomic mass is 9.43. The van der Waals surface area contributed by atoms with Crippen LogP contribution >= 0.6 is 0 Å². The van der Waals surface area contributed by atoms with Gasteiger partial charge in [-0.3, -0.25) is 0 Å². The summed E-state index contributed by atoms with van der Waals surface area (Å²) in [7, 11) is 0. The zero-order valence-electron chi connectivity index (χ0n) is 21.7. The Bertz CT molecular complexity index is 743. The van der Waals surface area contributed by atoms with E-state index in [0.717, 1.165) is 30.6 Å². The second-order valence-electron chi connectivity index (χ2n) is 14.4. The van der Waals surface area contributed by atoms with Gasteiger partial charge in [-0.1, -0.05) is 27.7 Å². The van der Waals surface area contributed by atoms with Gasteiger partial charge in [0.2, 0.25) is 0 Å². The third-order valence-electron chi connectivity index (χ3n) is 13.1. The molecule has 32 heavy (non-hydrogen) atoms. The SMILES string of the molecule is C[C@@H]1[C@@H](O)CC[C@]23C[C@]24CC[C@]2(C)[C@@H]([C@H](C)CC[C@H](O)C(C)(C)O)CC[C@@]2(C)[C@@H]4CC[C@@H]13. The van der Waals surface area contributed by atoms with Crippen molar-refractivity contribution in [3.63, 3.8) is 0 Å². The smallest absolute Gasteiger partial charge is 0.0849 e. The van der Waals surface area contributed by atoms with Crippen LogP contribution in [-0.2, 0) is 0 Å². The fourth-order valence-corrected chi connectivity index (χ4v) is 10.9. The molecule has 0 heterocycles. The topological polar surface area (TPSA) is 60.7 Å². The van der Waals surface area contributed by atoms with E-state index in [9.17, 15) is 15.3 Å². The third-order valence-corrected chi connectivity index (χ3v) is 13.1. The van der Waals surface area contributed by atoms with Crippen molar-refractivity contribution in [2.75, 3.05) is 0 Å². The van der Waals surface area contributed by atoms with Gasteiger partial charge < -0.3 is 15.3 Å². The molecule has 5 rings (SSSR count). The quantitative estimate of drug-likeness (QED) is 0.489. The lowest BCUT2D eigenvalue weighted by Gasteiger charge is -2.62. The number of hydrogen-bond acceptors (Lipinski definition) is 3. The molecule has 5 aliphatic rings. The van der Waals surface area contributed by atoms with E-state index in [4.69, 9.17) is 0 Å². The number of hydrogen-bond donors (Lipinski definition) is 3. The largest absolute Gasteiger partial charge is 0.393 e. The van der Waals surface area contributed by atoms with Crippen LogP contribution in [0.2, 0.25) is 0 Å². The predicted octanol–water partition coefficient (Wildman–Crippen LogP) is 5.94. The van der Waals surface area contributed by atoms with Crippen LogP contribution < -0.4 is 0 Å². The minimum absolute atomic E-state index is 0.0692. The van der Waals surface area contributed by atoms with Crippen molar-refractivity contribution < 1.29 is 15.3 Å². The maximum absolute atomic E-state index is 10.6. The Kier molecular flexibility index (Phi) is 5.31. The summed E-state index contributed by atoms with van der Waals surface area (Å²) in [6.45, 7) is 13.5. The minimum atomic E-state index is -1.01. The van der Waals surface area contributed by atoms with Crippen molar-refractivity contribution in [1.29, 1.82) is 0 Å². The average molecular weight is 447 g/mol. The monoisotopic (exact) mass is 446 g/mol. The Morgan fingerprint density at radius 2 is 1.62 bits per heavy atom. The summed E-state index contributed by atoms with van der Waals surface area (Å²) in [4.78, 5) is 0. The molecule has 2 spiro atoms. The first kappa shape index (κ1) is 23.6. The molecule has 0 aromatic carbocycles. The van der Waals surface area contributed by atoms with E-state index >= 15 is 0 Å². The summed E-state index contributed by atoms with van der Waals surface area (Å²) < 4.78 is 0. The second-order valence-corrected chi connectivity index (χ2v) is 14.4. The maximum atomic E-state index is 10.6. The van der Waals surface area contributed by atoms with Gasteiger partial charge in [-0.25, -0.2) is 0 Å². The van der Waals surface area contributed by atoms with Crippen molar-refractivity contribution in [3.05, 3.63) is 0 Å². The summed E-state index contributed by atoms with van der Waals surface area (Å²) in [5.41, 5.74) is 0.965. The number of aliphatic hydroxyl groups excluding tert-OH is 2. The lowest BCUT2D eigenvalue weighted by molar-refractivity contribution is -0.143. The molecule has 3 heteroatoms. The minimum Gasteiger partial charge on any atom is -0.393 e. The number of aliphatic hydroxyl groups is 3. The first-order chi connectivity index (χ1) is 14.8. The lowest BCUT2D eigenvalue weighted by Crippen LogP contribution is -2.56. The van der Waals surface area contributed by atoms with E-state index in [0.29, 0.717) is 39.9 Å². The van der Waals surface area contributed by atoms with E-state index in [1.165, 1.54) is 51.4 Å². The predicted molar refractivity (Wildman–Crippen MR) is 129 cm³/mol. The molecule has 3 N–H and O–H groups in total. The summed E-state index contributed by atoms with van der Waals surface area (Å²) >= 11 is 0. The first-order valence-electron chi connectivity index (χ1n) is 13.9. The van der Waals surface area contributed by atoms with E-state index in [-0.39, 0.29) is 6.10 Å². The van der Waals surface area contributed by atoms with Crippen LogP contribution in [0.15, 0.2) is 0 Å². The van der Waals surface area contributed by atoms with E-state index < -0.39 is 11.7 Å². The van der Waals surface area contributed by atoms with Crippen molar-refractivity contribution >= 4 is 0 Å². The molecule has 0 bridgehead atoms. The molecular formula is C29H50O3. The number of rotatable bonds is 5. The second kappa shape index (κ2) is 7.20. The summed E-state index contributed by atoms with van der Waals surface area (Å²) in [5, 5.41) is 31.2. The van der Waals surface area contributed by atoms with Crippen LogP contribution in [0.4, 0.5) is 0 Å². The van der Waals surface area contributed by atoms with Gasteiger partial charge in [0.25, 0.3) is 0 Å². The summed E-state index contributed by atoms with van der Waals surface area (Å²) in [6.07, 6.45) is 13.0. The van der Waals surface area contributed by atoms with Crippen molar-refractivity contribution in [3.8, 4) is 0 Å². The van der Waals surface area contributed by atoms with Gasteiger partial charge in [0.1, 0.15) is 0 Å². The third kappa shape index (κ3) is 2.89. The van der Waals surface area contributed by atoms with Crippen LogP contribution in [0, 0.1) is 51.2 Å². The van der Waals surface area contributed by atoms with Gasteiger partial charge in [0.15, 0.2) is 0 Å². The molecule has 5 aliphatic carbocycles. The molecule has 0 radical (unpaired) electrons. The summed E-state index contributed by atoms with van der Waals surface area (Å²) in [5.74, 6) is 3.45. The van der Waals surface area contributed by atoms with Crippen LogP contribution in [0.1, 0.15) is 112 Å². The first-order valence-corrected chi connectivity index (χ1v) is 13.9. The Hall–Kier alpha value is -0.120. The Balaban J connectivity index is 1.35. The fourth-order valence-electron chi connectivity index (χ4n) is 10.9. The molecule has 11 atom stereocenters. The van der Waals surface area contributed by atoms with E-state index in [1.54, 1.807) is 13.8 Å². The van der Waals surface area contributed by atoms with Crippen molar-refractivity contribution in [1.82, 2.24) is 0 Å². The zero-order chi connectivity index (χ0) is 23.3. The molecule has 5 saturated carbocycles. The molecule has 0 unspecified atom stereocenters. The standard InChI is InChI=1S/C29H50O3/c1-18(7-10-24(31)25(3,4)32)20-11-13-27(6)23-9-8-21-19(2)22(30)12-14-28(21)17-29(23,28)16-15-26(20,27)5/h18-24,30-32H,7-17H2,1-6H3/t18-,19+,20-,21+,22+,23+,24+,26-,27+,28-,29+/m1/s1. The van der Waals surface area contributed by atoms with E-state index in [2.05, 4.69) is 27.7 Å². The van der Waals surface area contributed by atoms with Crippen LogP contribution in [0.25, 0.3) is 0 Å². The number of fused-ring (bicyclic) bond motifs is 2. The molecule has 0 saturated heterocycles. The molecule has 0 aromatic heterocycles. The van der Waals surface area contributed by atoms with Gasteiger partial charge in [-0.2, -0.15) is 0 Å². The molecule has 0 amide bonds. The van der Waals surface area contributed by atoms with Crippen LogP contribution in [-0.4, -0.2) is 33.1 Å². The molecule has 184 valence electrons. The van der Waals surface area contributed by atoms with Crippen molar-refractivity contribution in [2.45, 2.75) is 130 Å². The molecule has 0 aromatic rings. The average Bonchev–Trinajstić information content (AvgIpc) is 3.31. The molecular weight excluding hydrogens is 396 g/mol. The van der Waals surface area contributed by atoms with Gasteiger partial charge in [0, 0.05) is 0 Å². The Morgan fingerprint density at radius 1 is 0.906 bits per heavy atom. The highest BCUT2D eigenvalue weighted by atomic mass is 16.3. The summed E-state index contributed by atoms with van der Waals surface area (Å²) in [6, 6.07) is 0. The molecule has 5 fully saturated rings. The molecule has 3 nitrogen and oxygen atoms in total. The van der Waals surface area contributed by atoms with Gasteiger partial charge in [-0.15, -0.1) is 0 Å². The van der Waals surface area contributed by atoms with Crippen LogP contribution in [0.5, 0.6) is 0 Å². The van der Waals surface area contributed by atoms with Crippen molar-refractivity contribution in [2.24, 2.45) is 51.2 Å². The normalized spacial score (nSPS) is 54.1. The highest BCUT2D eigenvalue weighted by Gasteiger charge is 2.81. The Morgan fingerprint density at radius 3 is 2.31 bits per heavy atom.